The molecule has 0 aliphatic rings. The lowest BCUT2D eigenvalue weighted by Crippen LogP contribution is -2.18. The average Bonchev–Trinajstić information content (AvgIpc) is 3.13. The maximum atomic E-state index is 12.5. The number of hydrazone groups is 1. The van der Waals surface area contributed by atoms with E-state index in [1.54, 1.807) is 42.6 Å². The molecule has 2 aromatic heterocycles. The SMILES string of the molecule is O=C(Cn1cc(C=NNC(=O)c2cccnc2Cl)c2ccccc21)Nc1ccc(Cl)cc1. The van der Waals surface area contributed by atoms with Crippen LogP contribution in [0.5, 0.6) is 0 Å². The zero-order chi connectivity index (χ0) is 22.5. The lowest BCUT2D eigenvalue weighted by Gasteiger charge is -2.07. The Labute approximate surface area is 193 Å². The third-order valence-electron chi connectivity index (χ3n) is 4.63. The maximum absolute atomic E-state index is 12.5. The number of nitrogens with one attached hydrogen (secondary N) is 2. The number of nitrogens with zero attached hydrogens (tertiary/aromatic N) is 3. The van der Waals surface area contributed by atoms with Crippen LogP contribution in [0.1, 0.15) is 15.9 Å². The van der Waals surface area contributed by atoms with Crippen molar-refractivity contribution < 1.29 is 9.59 Å². The Kier molecular flexibility index (Phi) is 6.49. The summed E-state index contributed by atoms with van der Waals surface area (Å²) in [5.41, 5.74) is 4.95. The van der Waals surface area contributed by atoms with Gasteiger partial charge in [0.1, 0.15) is 11.7 Å². The molecule has 7 nitrogen and oxygen atoms in total. The molecule has 2 heterocycles. The van der Waals surface area contributed by atoms with Gasteiger partial charge in [0.05, 0.1) is 11.8 Å². The number of para-hydroxylation sites is 1. The van der Waals surface area contributed by atoms with Gasteiger partial charge in [-0.15, -0.1) is 0 Å². The molecule has 4 rings (SSSR count). The van der Waals surface area contributed by atoms with Crippen LogP contribution in [0.15, 0.2) is 78.2 Å². The monoisotopic (exact) mass is 465 g/mol. The summed E-state index contributed by atoms with van der Waals surface area (Å²) in [5.74, 6) is -0.651. The van der Waals surface area contributed by atoms with Crippen molar-refractivity contribution in [3.8, 4) is 0 Å². The Morgan fingerprint density at radius 3 is 2.59 bits per heavy atom. The fourth-order valence-corrected chi connectivity index (χ4v) is 3.50. The van der Waals surface area contributed by atoms with Gasteiger partial charge in [-0.3, -0.25) is 9.59 Å². The molecule has 0 spiro atoms. The van der Waals surface area contributed by atoms with Crippen LogP contribution in [0, 0.1) is 0 Å². The normalized spacial score (nSPS) is 11.1. The number of rotatable bonds is 6. The summed E-state index contributed by atoms with van der Waals surface area (Å²) in [6.07, 6.45) is 4.83. The highest BCUT2D eigenvalue weighted by Crippen LogP contribution is 2.20. The lowest BCUT2D eigenvalue weighted by molar-refractivity contribution is -0.116. The molecule has 4 aromatic rings. The van der Waals surface area contributed by atoms with Gasteiger partial charge in [-0.05, 0) is 42.5 Å². The molecule has 0 saturated carbocycles. The minimum atomic E-state index is -0.467. The molecule has 0 saturated heterocycles. The van der Waals surface area contributed by atoms with Crippen LogP contribution in [-0.2, 0) is 11.3 Å². The van der Waals surface area contributed by atoms with Crippen LogP contribution in [0.4, 0.5) is 5.69 Å². The van der Waals surface area contributed by atoms with Crippen molar-refractivity contribution in [1.29, 1.82) is 0 Å². The van der Waals surface area contributed by atoms with E-state index in [2.05, 4.69) is 20.8 Å². The first-order chi connectivity index (χ1) is 15.5. The molecule has 0 atom stereocenters. The minimum absolute atomic E-state index is 0.100. The summed E-state index contributed by atoms with van der Waals surface area (Å²) in [6, 6.07) is 17.7. The van der Waals surface area contributed by atoms with E-state index < -0.39 is 5.91 Å². The molecule has 0 unspecified atom stereocenters. The summed E-state index contributed by atoms with van der Waals surface area (Å²) >= 11 is 11.8. The summed E-state index contributed by atoms with van der Waals surface area (Å²) < 4.78 is 1.82. The topological polar surface area (TPSA) is 88.4 Å². The standard InChI is InChI=1S/C23H17Cl2N5O2/c24-16-7-9-17(10-8-16)28-21(31)14-30-13-15(18-4-1-2-6-20(18)30)12-27-29-23(32)19-5-3-11-26-22(19)25/h1-13H,14H2,(H,28,31)(H,29,32). The number of carbonyl (C=O) groups excluding carboxylic acids is 2. The third kappa shape index (κ3) is 4.96. The van der Waals surface area contributed by atoms with Crippen LogP contribution in [-0.4, -0.2) is 27.6 Å². The molecular formula is C23H17Cl2N5O2. The van der Waals surface area contributed by atoms with Crippen molar-refractivity contribution in [1.82, 2.24) is 15.0 Å². The molecule has 2 N–H and O–H groups in total. The second-order valence-electron chi connectivity index (χ2n) is 6.83. The summed E-state index contributed by atoms with van der Waals surface area (Å²) in [5, 5.41) is 8.48. The van der Waals surface area contributed by atoms with Crippen molar-refractivity contribution in [2.75, 3.05) is 5.32 Å². The van der Waals surface area contributed by atoms with Gasteiger partial charge in [0.2, 0.25) is 5.91 Å². The molecule has 0 aliphatic heterocycles. The Hall–Kier alpha value is -3.68. The molecule has 0 aliphatic carbocycles. The molecule has 0 fully saturated rings. The molecule has 0 radical (unpaired) electrons. The van der Waals surface area contributed by atoms with Gasteiger partial charge in [-0.25, -0.2) is 10.4 Å². The van der Waals surface area contributed by atoms with E-state index in [4.69, 9.17) is 23.2 Å². The second kappa shape index (κ2) is 9.64. The van der Waals surface area contributed by atoms with E-state index in [0.29, 0.717) is 10.7 Å². The van der Waals surface area contributed by atoms with E-state index in [-0.39, 0.29) is 23.2 Å². The van der Waals surface area contributed by atoms with Crippen molar-refractivity contribution in [2.24, 2.45) is 5.10 Å². The first-order valence-electron chi connectivity index (χ1n) is 9.58. The van der Waals surface area contributed by atoms with E-state index in [0.717, 1.165) is 16.5 Å². The zero-order valence-corrected chi connectivity index (χ0v) is 18.1. The van der Waals surface area contributed by atoms with Gasteiger partial charge in [-0.2, -0.15) is 5.10 Å². The maximum Gasteiger partial charge on any atom is 0.274 e. The van der Waals surface area contributed by atoms with Gasteiger partial charge >= 0.3 is 0 Å². The smallest absolute Gasteiger partial charge is 0.274 e. The van der Waals surface area contributed by atoms with Crippen molar-refractivity contribution in [3.05, 3.63) is 94.4 Å². The Balaban J connectivity index is 1.50. The average molecular weight is 466 g/mol. The highest BCUT2D eigenvalue weighted by molar-refractivity contribution is 6.32. The molecule has 160 valence electrons. The van der Waals surface area contributed by atoms with Crippen LogP contribution < -0.4 is 10.7 Å². The number of pyridine rings is 1. The molecule has 9 heteroatoms. The number of carbonyl (C=O) groups is 2. The molecule has 2 amide bonds. The Morgan fingerprint density at radius 2 is 1.81 bits per heavy atom. The third-order valence-corrected chi connectivity index (χ3v) is 5.19. The summed E-state index contributed by atoms with van der Waals surface area (Å²) in [4.78, 5) is 28.7. The number of benzene rings is 2. The quantitative estimate of drug-likeness (QED) is 0.244. The van der Waals surface area contributed by atoms with E-state index in [9.17, 15) is 9.59 Å². The molecule has 32 heavy (non-hydrogen) atoms. The Bertz CT molecular complexity index is 1320. The van der Waals surface area contributed by atoms with Crippen LogP contribution >= 0.6 is 23.2 Å². The number of aromatic nitrogens is 2. The fraction of sp³-hybridized carbons (Fsp3) is 0.0435. The molecule has 2 aromatic carbocycles. The van der Waals surface area contributed by atoms with Gasteiger partial charge in [0, 0.05) is 39.6 Å². The van der Waals surface area contributed by atoms with Crippen LogP contribution in [0.2, 0.25) is 10.2 Å². The number of fused-ring (bicyclic) bond motifs is 1. The van der Waals surface area contributed by atoms with Gasteiger partial charge in [-0.1, -0.05) is 41.4 Å². The summed E-state index contributed by atoms with van der Waals surface area (Å²) in [7, 11) is 0. The van der Waals surface area contributed by atoms with Gasteiger partial charge in [0.25, 0.3) is 5.91 Å². The Morgan fingerprint density at radius 1 is 1.03 bits per heavy atom. The second-order valence-corrected chi connectivity index (χ2v) is 7.62. The summed E-state index contributed by atoms with van der Waals surface area (Å²) in [6.45, 7) is 0.106. The van der Waals surface area contributed by atoms with Crippen molar-refractivity contribution >= 4 is 57.8 Å². The first-order valence-corrected chi connectivity index (χ1v) is 10.3. The van der Waals surface area contributed by atoms with E-state index >= 15 is 0 Å². The van der Waals surface area contributed by atoms with Crippen LogP contribution in [0.3, 0.4) is 0 Å². The number of amides is 2. The zero-order valence-electron chi connectivity index (χ0n) is 16.6. The van der Waals surface area contributed by atoms with Gasteiger partial charge in [0.15, 0.2) is 0 Å². The fourth-order valence-electron chi connectivity index (χ4n) is 3.17. The molecule has 0 bridgehead atoms. The van der Waals surface area contributed by atoms with Crippen LogP contribution in [0.25, 0.3) is 10.9 Å². The van der Waals surface area contributed by atoms with Crippen molar-refractivity contribution in [3.63, 3.8) is 0 Å². The number of anilines is 1. The predicted octanol–water partition coefficient (Wildman–Crippen LogP) is 4.75. The highest BCUT2D eigenvalue weighted by Gasteiger charge is 2.12. The molecular weight excluding hydrogens is 449 g/mol. The van der Waals surface area contributed by atoms with E-state index in [1.807, 2.05) is 28.8 Å². The minimum Gasteiger partial charge on any atom is -0.337 e. The number of hydrogen-bond donors (Lipinski definition) is 2. The lowest BCUT2D eigenvalue weighted by atomic mass is 10.2. The van der Waals surface area contributed by atoms with E-state index in [1.165, 1.54) is 12.4 Å². The number of halogens is 2. The first kappa shape index (κ1) is 21.5. The largest absolute Gasteiger partial charge is 0.337 e. The highest BCUT2D eigenvalue weighted by atomic mass is 35.5. The number of hydrogen-bond acceptors (Lipinski definition) is 4. The predicted molar refractivity (Wildman–Crippen MR) is 126 cm³/mol. The van der Waals surface area contributed by atoms with Crippen molar-refractivity contribution in [2.45, 2.75) is 6.54 Å². The van der Waals surface area contributed by atoms with Gasteiger partial charge < -0.3 is 9.88 Å².